The Kier molecular flexibility index (Phi) is 14.9. The Bertz CT molecular complexity index is 1770. The Balaban J connectivity index is 1.29. The van der Waals surface area contributed by atoms with Crippen LogP contribution < -0.4 is 0 Å². The number of amides is 1. The molecule has 4 aromatic carbocycles. The van der Waals surface area contributed by atoms with E-state index in [1.165, 1.54) is 4.90 Å². The predicted molar refractivity (Wildman–Crippen MR) is 217 cm³/mol. The van der Waals surface area contributed by atoms with Gasteiger partial charge in [-0.1, -0.05) is 121 Å². The number of ether oxygens (including phenoxy) is 7. The number of benzene rings is 4. The summed E-state index contributed by atoms with van der Waals surface area (Å²) in [5.41, 5.74) is 2.42. The molecule has 0 aromatic heterocycles. The van der Waals surface area contributed by atoms with Crippen LogP contribution in [0.4, 0.5) is 4.79 Å². The first-order valence-corrected chi connectivity index (χ1v) is 20.0. The fourth-order valence-electron chi connectivity index (χ4n) is 7.43. The molecule has 0 aliphatic carbocycles. The number of hydrogen-bond acceptors (Lipinski definition) is 9. The van der Waals surface area contributed by atoms with Crippen molar-refractivity contribution in [2.24, 2.45) is 0 Å². The lowest BCUT2D eigenvalue weighted by Crippen LogP contribution is -2.61. The Labute approximate surface area is 337 Å². The molecule has 10 nitrogen and oxygen atoms in total. The fourth-order valence-corrected chi connectivity index (χ4v) is 7.43. The molecule has 7 atom stereocenters. The summed E-state index contributed by atoms with van der Waals surface area (Å²) in [5.74, 6) is 0. The molecular weight excluding hydrogens is 723 g/mol. The molecule has 2 aliphatic rings. The van der Waals surface area contributed by atoms with Crippen molar-refractivity contribution in [2.75, 3.05) is 13.2 Å². The summed E-state index contributed by atoms with van der Waals surface area (Å²) in [4.78, 5) is 15.0. The number of aliphatic hydroxyl groups excluding tert-OH is 1. The minimum atomic E-state index is -0.961. The molecule has 0 radical (unpaired) electrons. The molecule has 0 bridgehead atoms. The smallest absolute Gasteiger partial charge is 0.412 e. The van der Waals surface area contributed by atoms with Crippen LogP contribution in [-0.2, 0) is 59.6 Å². The van der Waals surface area contributed by atoms with Gasteiger partial charge in [0.15, 0.2) is 0 Å². The van der Waals surface area contributed by atoms with Gasteiger partial charge in [0.05, 0.1) is 57.9 Å². The standard InChI is InChI=1S/C47H59NO9/c1-46(2,3)57-45(50)48-38(32-55-47(48,4)5)39(49)26-27-40-42(52-29-35-20-12-7-13-21-35)44(54-31-37-24-16-9-17-25-37)43(53-30-36-22-14-8-15-23-36)41(56-40)33-51-28-34-18-10-6-11-19-34/h6-25,38-44,49H,26-33H2,1-5H3/t38-,39?,40+,41-,42+,43+,44-/m1/s1. The van der Waals surface area contributed by atoms with Gasteiger partial charge in [-0.3, -0.25) is 4.90 Å². The molecule has 2 aliphatic heterocycles. The Morgan fingerprint density at radius 2 is 1.14 bits per heavy atom. The van der Waals surface area contributed by atoms with Crippen molar-refractivity contribution >= 4 is 6.09 Å². The highest BCUT2D eigenvalue weighted by atomic mass is 16.6. The van der Waals surface area contributed by atoms with Crippen LogP contribution in [0.5, 0.6) is 0 Å². The topological polar surface area (TPSA) is 105 Å². The molecule has 1 unspecified atom stereocenters. The molecule has 57 heavy (non-hydrogen) atoms. The second-order valence-electron chi connectivity index (χ2n) is 16.3. The van der Waals surface area contributed by atoms with E-state index in [-0.39, 0.29) is 19.6 Å². The summed E-state index contributed by atoms with van der Waals surface area (Å²) in [6, 6.07) is 39.5. The van der Waals surface area contributed by atoms with Crippen LogP contribution in [-0.4, -0.2) is 83.3 Å². The summed E-state index contributed by atoms with van der Waals surface area (Å²) in [7, 11) is 0. The largest absolute Gasteiger partial charge is 0.444 e. The number of carbonyl (C=O) groups is 1. The van der Waals surface area contributed by atoms with Gasteiger partial charge in [-0.2, -0.15) is 0 Å². The van der Waals surface area contributed by atoms with Gasteiger partial charge in [0.1, 0.15) is 35.7 Å². The normalized spacial score (nSPS) is 23.9. The van der Waals surface area contributed by atoms with Gasteiger partial charge in [-0.25, -0.2) is 4.79 Å². The fraction of sp³-hybridized carbons (Fsp3) is 0.468. The van der Waals surface area contributed by atoms with Crippen molar-refractivity contribution in [2.45, 2.75) is 128 Å². The number of nitrogens with zero attached hydrogens (tertiary/aromatic N) is 1. The second-order valence-corrected chi connectivity index (χ2v) is 16.3. The van der Waals surface area contributed by atoms with Crippen molar-refractivity contribution in [1.29, 1.82) is 0 Å². The first kappa shape index (κ1) is 42.5. The van der Waals surface area contributed by atoms with E-state index in [1.807, 2.05) is 156 Å². The minimum Gasteiger partial charge on any atom is -0.444 e. The molecule has 306 valence electrons. The van der Waals surface area contributed by atoms with E-state index in [9.17, 15) is 9.90 Å². The molecule has 2 fully saturated rings. The third-order valence-electron chi connectivity index (χ3n) is 10.3. The number of hydrogen-bond donors (Lipinski definition) is 1. The summed E-state index contributed by atoms with van der Waals surface area (Å²) in [5, 5.41) is 11.8. The number of carbonyl (C=O) groups excluding carboxylic acids is 1. The zero-order valence-corrected chi connectivity index (χ0v) is 33.9. The quantitative estimate of drug-likeness (QED) is 0.113. The molecule has 4 aromatic rings. The van der Waals surface area contributed by atoms with Crippen molar-refractivity contribution in [3.63, 3.8) is 0 Å². The molecule has 1 N–H and O–H groups in total. The van der Waals surface area contributed by atoms with Gasteiger partial charge in [0, 0.05) is 0 Å². The third-order valence-corrected chi connectivity index (χ3v) is 10.3. The van der Waals surface area contributed by atoms with Crippen LogP contribution in [0.2, 0.25) is 0 Å². The highest BCUT2D eigenvalue weighted by molar-refractivity contribution is 5.70. The molecule has 0 saturated carbocycles. The molecule has 2 saturated heterocycles. The first-order chi connectivity index (χ1) is 27.5. The SMILES string of the molecule is CC(C)(C)OC(=O)N1[C@@H](C(O)CC[C@@H]2O[C@H](COCc3ccccc3)[C@H](OCc3ccccc3)[C@H](OCc3ccccc3)[C@H]2OCc2ccccc2)COC1(C)C. The maximum atomic E-state index is 13.5. The number of rotatable bonds is 17. The van der Waals surface area contributed by atoms with Gasteiger partial charge < -0.3 is 38.3 Å². The second kappa shape index (κ2) is 20.0. The van der Waals surface area contributed by atoms with Crippen LogP contribution in [0.1, 0.15) is 69.7 Å². The minimum absolute atomic E-state index is 0.168. The summed E-state index contributed by atoms with van der Waals surface area (Å²) in [6.45, 7) is 10.9. The van der Waals surface area contributed by atoms with E-state index < -0.39 is 60.1 Å². The van der Waals surface area contributed by atoms with Gasteiger partial charge >= 0.3 is 6.09 Å². The van der Waals surface area contributed by atoms with E-state index >= 15 is 0 Å². The summed E-state index contributed by atoms with van der Waals surface area (Å²) < 4.78 is 45.7. The van der Waals surface area contributed by atoms with Crippen LogP contribution in [0, 0.1) is 0 Å². The van der Waals surface area contributed by atoms with Crippen LogP contribution in [0.3, 0.4) is 0 Å². The Hall–Kier alpha value is -4.13. The number of aliphatic hydroxyl groups is 1. The highest BCUT2D eigenvalue weighted by Crippen LogP contribution is 2.36. The van der Waals surface area contributed by atoms with Gasteiger partial charge in [0.2, 0.25) is 0 Å². The molecule has 1 amide bonds. The van der Waals surface area contributed by atoms with E-state index in [0.717, 1.165) is 22.3 Å². The van der Waals surface area contributed by atoms with Crippen LogP contribution in [0.25, 0.3) is 0 Å². The van der Waals surface area contributed by atoms with Crippen LogP contribution in [0.15, 0.2) is 121 Å². The summed E-state index contributed by atoms with van der Waals surface area (Å²) >= 11 is 0. The van der Waals surface area contributed by atoms with Crippen molar-refractivity contribution in [1.82, 2.24) is 4.90 Å². The van der Waals surface area contributed by atoms with E-state index in [2.05, 4.69) is 0 Å². The van der Waals surface area contributed by atoms with Crippen molar-refractivity contribution < 1.29 is 43.1 Å². The van der Waals surface area contributed by atoms with E-state index in [4.69, 9.17) is 33.2 Å². The third kappa shape index (κ3) is 12.2. The lowest BCUT2D eigenvalue weighted by molar-refractivity contribution is -0.274. The Morgan fingerprint density at radius 1 is 0.702 bits per heavy atom. The van der Waals surface area contributed by atoms with Crippen LogP contribution >= 0.6 is 0 Å². The van der Waals surface area contributed by atoms with E-state index in [1.54, 1.807) is 0 Å². The zero-order chi connectivity index (χ0) is 40.3. The molecule has 6 rings (SSSR count). The lowest BCUT2D eigenvalue weighted by Gasteiger charge is -2.46. The van der Waals surface area contributed by atoms with Gasteiger partial charge in [0.25, 0.3) is 0 Å². The lowest BCUT2D eigenvalue weighted by atomic mass is 9.90. The molecule has 0 spiro atoms. The van der Waals surface area contributed by atoms with Gasteiger partial charge in [-0.15, -0.1) is 0 Å². The molecule has 2 heterocycles. The Morgan fingerprint density at radius 3 is 1.61 bits per heavy atom. The summed E-state index contributed by atoms with van der Waals surface area (Å²) in [6.07, 6.45) is -3.60. The first-order valence-electron chi connectivity index (χ1n) is 20.0. The maximum Gasteiger partial charge on any atom is 0.412 e. The monoisotopic (exact) mass is 781 g/mol. The molecular formula is C47H59NO9. The average molecular weight is 782 g/mol. The van der Waals surface area contributed by atoms with E-state index in [0.29, 0.717) is 32.8 Å². The highest BCUT2D eigenvalue weighted by Gasteiger charge is 2.51. The van der Waals surface area contributed by atoms with Crippen molar-refractivity contribution in [3.05, 3.63) is 144 Å². The maximum absolute atomic E-state index is 13.5. The molecule has 10 heteroatoms. The predicted octanol–water partition coefficient (Wildman–Crippen LogP) is 8.24. The zero-order valence-electron chi connectivity index (χ0n) is 33.9. The average Bonchev–Trinajstić information content (AvgIpc) is 3.53. The van der Waals surface area contributed by atoms with Gasteiger partial charge in [-0.05, 0) is 69.7 Å². The van der Waals surface area contributed by atoms with Crippen molar-refractivity contribution in [3.8, 4) is 0 Å².